The van der Waals surface area contributed by atoms with E-state index in [2.05, 4.69) is 0 Å². The fourth-order valence-electron chi connectivity index (χ4n) is 1.32. The number of rotatable bonds is 4. The summed E-state index contributed by atoms with van der Waals surface area (Å²) in [6.45, 7) is 0. The van der Waals surface area contributed by atoms with E-state index in [1.54, 1.807) is 30.3 Å². The Hall–Kier alpha value is -1.00. The second kappa shape index (κ2) is 5.02. The molecule has 1 aromatic rings. The average molecular weight is 202 g/mol. The maximum absolute atomic E-state index is 12.1. The highest BCUT2D eigenvalue weighted by molar-refractivity contribution is 5.20. The Kier molecular flexibility index (Phi) is 3.98. The molecule has 0 saturated heterocycles. The minimum absolute atomic E-state index is 0.516. The Morgan fingerprint density at radius 1 is 1.07 bits per heavy atom. The van der Waals surface area contributed by atoms with Crippen molar-refractivity contribution in [1.29, 1.82) is 0 Å². The molecular formula is C10H12F2O2. The van der Waals surface area contributed by atoms with Crippen LogP contribution >= 0.6 is 0 Å². The molecule has 0 saturated carbocycles. The molecule has 0 radical (unpaired) electrons. The number of benzene rings is 1. The van der Waals surface area contributed by atoms with Gasteiger partial charge in [-0.25, -0.2) is 8.78 Å². The molecule has 0 bridgehead atoms. The van der Waals surface area contributed by atoms with Crippen molar-refractivity contribution in [1.82, 2.24) is 0 Å². The normalized spacial score (nSPS) is 13.6. The van der Waals surface area contributed by atoms with Gasteiger partial charge in [0.25, 0.3) is 0 Å². The third kappa shape index (κ3) is 3.05. The first-order valence-electron chi connectivity index (χ1n) is 4.30. The zero-order valence-corrected chi connectivity index (χ0v) is 7.48. The van der Waals surface area contributed by atoms with E-state index >= 15 is 0 Å². The third-order valence-corrected chi connectivity index (χ3v) is 2.02. The maximum atomic E-state index is 12.1. The van der Waals surface area contributed by atoms with Crippen LogP contribution in [0.3, 0.4) is 0 Å². The van der Waals surface area contributed by atoms with Gasteiger partial charge in [0.1, 0.15) is 0 Å². The van der Waals surface area contributed by atoms with Crippen molar-refractivity contribution >= 4 is 0 Å². The molecule has 1 atom stereocenters. The Morgan fingerprint density at radius 2 is 1.64 bits per heavy atom. The van der Waals surface area contributed by atoms with Crippen molar-refractivity contribution in [3.05, 3.63) is 35.9 Å². The van der Waals surface area contributed by atoms with Crippen molar-refractivity contribution in [3.63, 3.8) is 0 Å². The van der Waals surface area contributed by atoms with Crippen molar-refractivity contribution in [2.24, 2.45) is 0 Å². The number of alkyl halides is 2. The van der Waals surface area contributed by atoms with Crippen LogP contribution in [-0.4, -0.2) is 22.9 Å². The van der Waals surface area contributed by atoms with Crippen molar-refractivity contribution in [3.8, 4) is 0 Å². The molecule has 78 valence electrons. The highest BCUT2D eigenvalue weighted by Gasteiger charge is 2.22. The molecule has 0 aliphatic heterocycles. The number of aliphatic hydroxyl groups is 2. The highest BCUT2D eigenvalue weighted by Crippen LogP contribution is 2.25. The Morgan fingerprint density at radius 3 is 2.07 bits per heavy atom. The van der Waals surface area contributed by atoms with Gasteiger partial charge in [0.05, 0.1) is 0 Å². The number of halogens is 2. The molecule has 0 aliphatic carbocycles. The molecule has 0 heterocycles. The van der Waals surface area contributed by atoms with Gasteiger partial charge in [0, 0.05) is 12.3 Å². The van der Waals surface area contributed by atoms with Gasteiger partial charge in [-0.2, -0.15) is 0 Å². The lowest BCUT2D eigenvalue weighted by atomic mass is 9.95. The lowest BCUT2D eigenvalue weighted by Crippen LogP contribution is -2.20. The number of hydrogen-bond acceptors (Lipinski definition) is 2. The molecule has 0 amide bonds. The topological polar surface area (TPSA) is 40.5 Å². The van der Waals surface area contributed by atoms with E-state index in [9.17, 15) is 8.78 Å². The summed E-state index contributed by atoms with van der Waals surface area (Å²) in [5, 5.41) is 17.9. The summed E-state index contributed by atoms with van der Waals surface area (Å²) < 4.78 is 24.2. The summed E-state index contributed by atoms with van der Waals surface area (Å²) in [6, 6.07) is 8.30. The van der Waals surface area contributed by atoms with Gasteiger partial charge in [-0.1, -0.05) is 30.3 Å². The van der Waals surface area contributed by atoms with Crippen molar-refractivity contribution < 1.29 is 19.0 Å². The van der Waals surface area contributed by atoms with Crippen LogP contribution in [0, 0.1) is 0 Å². The molecule has 0 aromatic heterocycles. The van der Waals surface area contributed by atoms with E-state index < -0.39 is 25.1 Å². The molecule has 1 aromatic carbocycles. The van der Waals surface area contributed by atoms with E-state index in [0.717, 1.165) is 0 Å². The molecule has 1 unspecified atom stereocenters. The van der Waals surface area contributed by atoms with E-state index in [-0.39, 0.29) is 0 Å². The predicted octanol–water partition coefficient (Wildman–Crippen LogP) is 1.74. The van der Waals surface area contributed by atoms with E-state index in [1.165, 1.54) is 0 Å². The molecule has 14 heavy (non-hydrogen) atoms. The fourth-order valence-corrected chi connectivity index (χ4v) is 1.32. The first-order valence-corrected chi connectivity index (χ1v) is 4.30. The highest BCUT2D eigenvalue weighted by atomic mass is 19.3. The van der Waals surface area contributed by atoms with Gasteiger partial charge in [-0.05, 0) is 5.56 Å². The monoisotopic (exact) mass is 202 g/mol. The minimum Gasteiger partial charge on any atom is -0.368 e. The van der Waals surface area contributed by atoms with E-state index in [4.69, 9.17) is 10.2 Å². The fraction of sp³-hybridized carbons (Fsp3) is 0.400. The summed E-state index contributed by atoms with van der Waals surface area (Å²) in [4.78, 5) is 0. The Balaban J connectivity index is 2.78. The van der Waals surface area contributed by atoms with Gasteiger partial charge in [-0.15, -0.1) is 0 Å². The number of hydrogen-bond donors (Lipinski definition) is 2. The van der Waals surface area contributed by atoms with Crippen LogP contribution in [0.25, 0.3) is 0 Å². The smallest absolute Gasteiger partial charge is 0.239 e. The summed E-state index contributed by atoms with van der Waals surface area (Å²) >= 11 is 0. The largest absolute Gasteiger partial charge is 0.368 e. The Labute approximate surface area is 80.8 Å². The number of aliphatic hydroxyl groups excluding tert-OH is 1. The molecule has 0 fully saturated rings. The molecule has 0 aliphatic rings. The van der Waals surface area contributed by atoms with Crippen molar-refractivity contribution in [2.75, 3.05) is 0 Å². The molecule has 2 N–H and O–H groups in total. The van der Waals surface area contributed by atoms with Crippen LogP contribution in [0.15, 0.2) is 30.3 Å². The third-order valence-electron chi connectivity index (χ3n) is 2.02. The summed E-state index contributed by atoms with van der Waals surface area (Å²) in [5.74, 6) is -0.920. The summed E-state index contributed by atoms with van der Waals surface area (Å²) in [7, 11) is 0. The maximum Gasteiger partial charge on any atom is 0.239 e. The first kappa shape index (κ1) is 11.1. The predicted molar refractivity (Wildman–Crippen MR) is 48.0 cm³/mol. The van der Waals surface area contributed by atoms with Gasteiger partial charge in [0.15, 0.2) is 6.29 Å². The Bertz CT molecular complexity index is 262. The van der Waals surface area contributed by atoms with Crippen LogP contribution in [0.2, 0.25) is 0 Å². The summed E-state index contributed by atoms with van der Waals surface area (Å²) in [6.07, 6.45) is -4.82. The van der Waals surface area contributed by atoms with Gasteiger partial charge in [-0.3, -0.25) is 0 Å². The molecule has 2 nitrogen and oxygen atoms in total. The molecule has 0 spiro atoms. The van der Waals surface area contributed by atoms with E-state index in [0.29, 0.717) is 5.56 Å². The quantitative estimate of drug-likeness (QED) is 0.730. The minimum atomic E-state index is -2.54. The molecular weight excluding hydrogens is 190 g/mol. The SMILES string of the molecule is OC(O)C(CC(F)F)c1ccccc1. The zero-order chi connectivity index (χ0) is 10.6. The van der Waals surface area contributed by atoms with Crippen LogP contribution in [-0.2, 0) is 0 Å². The zero-order valence-electron chi connectivity index (χ0n) is 7.48. The lowest BCUT2D eigenvalue weighted by molar-refractivity contribution is -0.0721. The van der Waals surface area contributed by atoms with Crippen LogP contribution in [0.1, 0.15) is 17.9 Å². The van der Waals surface area contributed by atoms with Gasteiger partial charge >= 0.3 is 0 Å². The first-order chi connectivity index (χ1) is 6.61. The van der Waals surface area contributed by atoms with Crippen LogP contribution in [0.5, 0.6) is 0 Å². The summed E-state index contributed by atoms with van der Waals surface area (Å²) in [5.41, 5.74) is 0.516. The van der Waals surface area contributed by atoms with Gasteiger partial charge < -0.3 is 10.2 Å². The second-order valence-corrected chi connectivity index (χ2v) is 3.06. The van der Waals surface area contributed by atoms with Gasteiger partial charge in [0.2, 0.25) is 6.43 Å². The molecule has 4 heteroatoms. The van der Waals surface area contributed by atoms with Crippen LogP contribution in [0.4, 0.5) is 8.78 Å². The standard InChI is InChI=1S/C10H12F2O2/c11-9(12)6-8(10(13)14)7-4-2-1-3-5-7/h1-5,8-10,13-14H,6H2. The lowest BCUT2D eigenvalue weighted by Gasteiger charge is -2.18. The van der Waals surface area contributed by atoms with E-state index in [1.807, 2.05) is 0 Å². The average Bonchev–Trinajstić information content (AvgIpc) is 2.15. The van der Waals surface area contributed by atoms with Crippen LogP contribution < -0.4 is 0 Å². The van der Waals surface area contributed by atoms with Crippen molar-refractivity contribution in [2.45, 2.75) is 25.1 Å². The second-order valence-electron chi connectivity index (χ2n) is 3.06. The molecule has 1 rings (SSSR count).